The maximum absolute atomic E-state index is 11.8. The van der Waals surface area contributed by atoms with E-state index < -0.39 is 13.0 Å². The lowest BCUT2D eigenvalue weighted by molar-refractivity contribution is 0.0187. The monoisotopic (exact) mass is 264 g/mol. The summed E-state index contributed by atoms with van der Waals surface area (Å²) in [4.78, 5) is 5.39. The van der Waals surface area contributed by atoms with Crippen LogP contribution < -0.4 is 5.32 Å². The van der Waals surface area contributed by atoms with Gasteiger partial charge in [0.05, 0.1) is 11.6 Å². The molecular weight excluding hydrogens is 246 g/mol. The number of aromatic nitrogens is 1. The van der Waals surface area contributed by atoms with Crippen molar-refractivity contribution in [1.29, 1.82) is 0 Å². The number of hydrogen-bond acceptors (Lipinski definition) is 4. The van der Waals surface area contributed by atoms with Gasteiger partial charge in [0, 0.05) is 24.0 Å². The van der Waals surface area contributed by atoms with Crippen LogP contribution >= 0.6 is 11.3 Å². The molecule has 1 rings (SSSR count). The van der Waals surface area contributed by atoms with Crippen molar-refractivity contribution in [3.8, 4) is 0 Å². The first kappa shape index (κ1) is 14.5. The van der Waals surface area contributed by atoms with Gasteiger partial charge in [0.15, 0.2) is 0 Å². The summed E-state index contributed by atoms with van der Waals surface area (Å²) >= 11 is 1.60. The van der Waals surface area contributed by atoms with Gasteiger partial charge in [-0.15, -0.1) is 11.3 Å². The Morgan fingerprint density at radius 3 is 3.06 bits per heavy atom. The van der Waals surface area contributed by atoms with Gasteiger partial charge in [0.1, 0.15) is 6.61 Å². The summed E-state index contributed by atoms with van der Waals surface area (Å²) in [7, 11) is 0. The predicted molar refractivity (Wildman–Crippen MR) is 64.6 cm³/mol. The Labute approximate surface area is 104 Å². The second kappa shape index (κ2) is 8.49. The lowest BCUT2D eigenvalue weighted by atomic mass is 10.4. The average molecular weight is 264 g/mol. The van der Waals surface area contributed by atoms with E-state index in [2.05, 4.69) is 17.2 Å². The Morgan fingerprint density at radius 2 is 2.35 bits per heavy atom. The number of thiazole rings is 1. The minimum atomic E-state index is -2.39. The van der Waals surface area contributed by atoms with Crippen LogP contribution in [-0.4, -0.2) is 31.2 Å². The molecule has 6 heteroatoms. The van der Waals surface area contributed by atoms with Crippen LogP contribution in [0.4, 0.5) is 8.78 Å². The van der Waals surface area contributed by atoms with Gasteiger partial charge in [-0.25, -0.2) is 13.8 Å². The van der Waals surface area contributed by atoms with E-state index in [1.807, 2.05) is 6.20 Å². The van der Waals surface area contributed by atoms with Crippen molar-refractivity contribution < 1.29 is 13.5 Å². The zero-order chi connectivity index (χ0) is 12.5. The highest BCUT2D eigenvalue weighted by molar-refractivity contribution is 7.11. The lowest BCUT2D eigenvalue weighted by Crippen LogP contribution is -2.12. The molecule has 1 aromatic heterocycles. The fourth-order valence-corrected chi connectivity index (χ4v) is 2.14. The summed E-state index contributed by atoms with van der Waals surface area (Å²) in [6, 6.07) is 0. The van der Waals surface area contributed by atoms with E-state index in [4.69, 9.17) is 4.74 Å². The number of nitrogens with one attached hydrogen (secondary N) is 1. The Bertz CT molecular complexity index is 307. The van der Waals surface area contributed by atoms with Gasteiger partial charge in [0.2, 0.25) is 0 Å². The summed E-state index contributed by atoms with van der Waals surface area (Å²) in [5.74, 6) is 0. The Balaban J connectivity index is 2.16. The Hall–Kier alpha value is -0.590. The summed E-state index contributed by atoms with van der Waals surface area (Å²) in [5.41, 5.74) is 0. The van der Waals surface area contributed by atoms with Crippen LogP contribution in [0, 0.1) is 0 Å². The number of rotatable bonds is 9. The van der Waals surface area contributed by atoms with Crippen LogP contribution in [0.2, 0.25) is 0 Å². The van der Waals surface area contributed by atoms with Crippen molar-refractivity contribution in [1.82, 2.24) is 10.3 Å². The molecule has 17 heavy (non-hydrogen) atoms. The molecule has 0 aromatic carbocycles. The van der Waals surface area contributed by atoms with Crippen molar-refractivity contribution in [2.24, 2.45) is 0 Å². The highest BCUT2D eigenvalue weighted by atomic mass is 32.1. The highest BCUT2D eigenvalue weighted by Gasteiger charge is 2.04. The molecule has 0 amide bonds. The van der Waals surface area contributed by atoms with E-state index >= 15 is 0 Å². The molecule has 0 unspecified atom stereocenters. The van der Waals surface area contributed by atoms with E-state index in [1.54, 1.807) is 11.3 Å². The van der Waals surface area contributed by atoms with Crippen LogP contribution in [0.1, 0.15) is 23.2 Å². The molecule has 0 bridgehead atoms. The van der Waals surface area contributed by atoms with Gasteiger partial charge in [-0.05, 0) is 13.0 Å². The van der Waals surface area contributed by atoms with Gasteiger partial charge in [0.25, 0.3) is 6.43 Å². The molecule has 1 N–H and O–H groups in total. The number of halogens is 2. The predicted octanol–water partition coefficient (Wildman–Crippen LogP) is 2.47. The highest BCUT2D eigenvalue weighted by Crippen LogP contribution is 2.13. The van der Waals surface area contributed by atoms with Crippen molar-refractivity contribution >= 4 is 11.3 Å². The minimum Gasteiger partial charge on any atom is -0.375 e. The van der Waals surface area contributed by atoms with E-state index in [-0.39, 0.29) is 0 Å². The lowest BCUT2D eigenvalue weighted by Gasteiger charge is -2.00. The molecular formula is C11H18F2N2OS. The molecule has 0 spiro atoms. The molecule has 0 aliphatic carbocycles. The number of hydrogen-bond donors (Lipinski definition) is 1. The number of alkyl halides is 2. The zero-order valence-electron chi connectivity index (χ0n) is 9.92. The standard InChI is InChI=1S/C11H18F2N2OS/c1-2-4-14-6-9-7-15-11(17-9)3-5-16-8-10(12)13/h7,10,14H,2-6,8H2,1H3. The molecule has 0 aliphatic rings. The van der Waals surface area contributed by atoms with Gasteiger partial charge in [-0.1, -0.05) is 6.92 Å². The second-order valence-electron chi connectivity index (χ2n) is 3.61. The molecule has 0 atom stereocenters. The fraction of sp³-hybridized carbons (Fsp3) is 0.727. The van der Waals surface area contributed by atoms with Crippen LogP contribution in [0.25, 0.3) is 0 Å². The molecule has 0 radical (unpaired) electrons. The van der Waals surface area contributed by atoms with E-state index in [0.29, 0.717) is 13.0 Å². The van der Waals surface area contributed by atoms with E-state index in [0.717, 1.165) is 24.5 Å². The number of nitrogens with zero attached hydrogens (tertiary/aromatic N) is 1. The molecule has 0 fully saturated rings. The second-order valence-corrected chi connectivity index (χ2v) is 4.81. The molecule has 0 aliphatic heterocycles. The first-order valence-corrected chi connectivity index (χ1v) is 6.54. The van der Waals surface area contributed by atoms with Gasteiger partial charge < -0.3 is 10.1 Å². The molecule has 3 nitrogen and oxygen atoms in total. The zero-order valence-corrected chi connectivity index (χ0v) is 10.7. The summed E-state index contributed by atoms with van der Waals surface area (Å²) in [6.07, 6.45) is 1.15. The summed E-state index contributed by atoms with van der Waals surface area (Å²) in [6.45, 7) is 3.75. The van der Waals surface area contributed by atoms with Crippen LogP contribution in [-0.2, 0) is 17.7 Å². The number of ether oxygens (including phenoxy) is 1. The molecule has 0 saturated carbocycles. The maximum atomic E-state index is 11.8. The van der Waals surface area contributed by atoms with Gasteiger partial charge >= 0.3 is 0 Å². The van der Waals surface area contributed by atoms with Crippen molar-refractivity contribution in [2.45, 2.75) is 32.7 Å². The summed E-state index contributed by atoms with van der Waals surface area (Å²) in [5, 5.41) is 4.22. The average Bonchev–Trinajstić information content (AvgIpc) is 2.73. The normalized spacial score (nSPS) is 11.3. The third kappa shape index (κ3) is 6.65. The quantitative estimate of drug-likeness (QED) is 0.696. The minimum absolute atomic E-state index is 0.305. The van der Waals surface area contributed by atoms with Crippen molar-refractivity contribution in [3.63, 3.8) is 0 Å². The molecule has 98 valence electrons. The molecule has 1 heterocycles. The first-order chi connectivity index (χ1) is 8.22. The van der Waals surface area contributed by atoms with Crippen LogP contribution in [0.3, 0.4) is 0 Å². The maximum Gasteiger partial charge on any atom is 0.261 e. The SMILES string of the molecule is CCCNCc1cnc(CCOCC(F)F)s1. The Morgan fingerprint density at radius 1 is 1.53 bits per heavy atom. The fourth-order valence-electron chi connectivity index (χ4n) is 1.27. The van der Waals surface area contributed by atoms with Crippen molar-refractivity contribution in [2.75, 3.05) is 19.8 Å². The summed E-state index contributed by atoms with van der Waals surface area (Å²) < 4.78 is 28.4. The van der Waals surface area contributed by atoms with E-state index in [9.17, 15) is 8.78 Å². The third-order valence-electron chi connectivity index (χ3n) is 2.03. The Kier molecular flexibility index (Phi) is 7.23. The van der Waals surface area contributed by atoms with Crippen LogP contribution in [0.15, 0.2) is 6.20 Å². The smallest absolute Gasteiger partial charge is 0.261 e. The molecule has 0 saturated heterocycles. The first-order valence-electron chi connectivity index (χ1n) is 5.72. The van der Waals surface area contributed by atoms with Crippen LogP contribution in [0.5, 0.6) is 0 Å². The van der Waals surface area contributed by atoms with Gasteiger partial charge in [-0.2, -0.15) is 0 Å². The largest absolute Gasteiger partial charge is 0.375 e. The van der Waals surface area contributed by atoms with E-state index in [1.165, 1.54) is 4.88 Å². The molecule has 1 aromatic rings. The third-order valence-corrected chi connectivity index (χ3v) is 3.09. The van der Waals surface area contributed by atoms with Gasteiger partial charge in [-0.3, -0.25) is 0 Å². The van der Waals surface area contributed by atoms with Crippen molar-refractivity contribution in [3.05, 3.63) is 16.1 Å². The topological polar surface area (TPSA) is 34.2 Å².